The third-order valence-electron chi connectivity index (χ3n) is 8.02. The zero-order chi connectivity index (χ0) is 25.9. The molecule has 4 saturated heterocycles. The van der Waals surface area contributed by atoms with Crippen LogP contribution in [0.1, 0.15) is 6.42 Å². The summed E-state index contributed by atoms with van der Waals surface area (Å²) < 4.78 is 5.44. The summed E-state index contributed by atoms with van der Waals surface area (Å²) in [6.07, 6.45) is 2.72. The third-order valence-corrected chi connectivity index (χ3v) is 8.02. The van der Waals surface area contributed by atoms with Crippen molar-refractivity contribution in [1.29, 1.82) is 0 Å². The Morgan fingerprint density at radius 3 is 2.47 bits per heavy atom. The second-order valence-corrected chi connectivity index (χ2v) is 10.4. The van der Waals surface area contributed by atoms with Gasteiger partial charge in [-0.2, -0.15) is 0 Å². The first kappa shape index (κ1) is 24.8. The minimum Gasteiger partial charge on any atom is -0.396 e. The van der Waals surface area contributed by atoms with Crippen LogP contribution in [0, 0.1) is 17.8 Å². The van der Waals surface area contributed by atoms with E-state index in [1.54, 1.807) is 6.20 Å². The van der Waals surface area contributed by atoms with Gasteiger partial charge >= 0.3 is 0 Å². The summed E-state index contributed by atoms with van der Waals surface area (Å²) in [4.78, 5) is 26.7. The molecule has 4 aliphatic heterocycles. The normalized spacial score (nSPS) is 24.7. The number of morpholine rings is 1. The Bertz CT molecular complexity index is 1250. The molecule has 5 heterocycles. The number of piperidine rings is 3. The van der Waals surface area contributed by atoms with E-state index in [2.05, 4.69) is 37.6 Å². The lowest BCUT2D eigenvalue weighted by Crippen LogP contribution is -2.56. The number of nitrogens with one attached hydrogen (secondary N) is 2. The molecule has 1 amide bonds. The number of nitrogens with zero attached hydrogens (tertiary/aromatic N) is 4. The van der Waals surface area contributed by atoms with Crippen LogP contribution in [0.25, 0.3) is 11.3 Å². The number of carbonyl (C=O) groups is 1. The lowest BCUT2D eigenvalue weighted by molar-refractivity contribution is -0.129. The highest BCUT2D eigenvalue weighted by atomic mass is 16.5. The van der Waals surface area contributed by atoms with Crippen LogP contribution in [0.3, 0.4) is 0 Å². The predicted molar refractivity (Wildman–Crippen MR) is 147 cm³/mol. The molecular formula is C29H34N6O3. The van der Waals surface area contributed by atoms with E-state index in [9.17, 15) is 9.90 Å². The molecule has 3 aromatic rings. The summed E-state index contributed by atoms with van der Waals surface area (Å²) in [6.45, 7) is 6.18. The van der Waals surface area contributed by atoms with Crippen LogP contribution in [0.2, 0.25) is 0 Å². The average Bonchev–Trinajstić information content (AvgIpc) is 2.98. The summed E-state index contributed by atoms with van der Waals surface area (Å²) in [6, 6.07) is 17.9. The number of amides is 1. The van der Waals surface area contributed by atoms with Gasteiger partial charge in [-0.1, -0.05) is 12.1 Å². The van der Waals surface area contributed by atoms with Crippen molar-refractivity contribution < 1.29 is 14.6 Å². The highest BCUT2D eigenvalue weighted by Gasteiger charge is 2.43. The summed E-state index contributed by atoms with van der Waals surface area (Å²) in [7, 11) is 0. The number of aromatic nitrogens is 2. The highest BCUT2D eigenvalue weighted by Crippen LogP contribution is 2.37. The van der Waals surface area contributed by atoms with Crippen molar-refractivity contribution in [1.82, 2.24) is 14.9 Å². The molecule has 4 fully saturated rings. The van der Waals surface area contributed by atoms with E-state index in [1.807, 2.05) is 42.5 Å². The predicted octanol–water partition coefficient (Wildman–Crippen LogP) is 3.22. The first-order chi connectivity index (χ1) is 18.7. The van der Waals surface area contributed by atoms with Gasteiger partial charge in [0.05, 0.1) is 24.8 Å². The molecule has 1 aromatic heterocycles. The lowest BCUT2D eigenvalue weighted by Gasteiger charge is -2.48. The number of anilines is 4. The molecule has 4 aliphatic rings. The van der Waals surface area contributed by atoms with Gasteiger partial charge in [0.2, 0.25) is 11.9 Å². The Labute approximate surface area is 222 Å². The van der Waals surface area contributed by atoms with Gasteiger partial charge in [-0.3, -0.25) is 4.79 Å². The standard InChI is InChI=1S/C29H34N6O3/c36-19-21-17-34-12-10-25(21)26(18-34)28(37)31-22-3-1-20(2-4-22)27-9-11-30-29(33-27)32-23-5-7-24(8-6-23)35-13-15-38-16-14-35/h1-9,11,21,25-26,36H,10,12-19H2,(H,31,37)(H,30,32,33)/t21-,25?,26+/m0/s1. The monoisotopic (exact) mass is 514 g/mol. The van der Waals surface area contributed by atoms with E-state index in [-0.39, 0.29) is 30.3 Å². The van der Waals surface area contributed by atoms with Crippen LogP contribution in [0.15, 0.2) is 60.8 Å². The zero-order valence-electron chi connectivity index (χ0n) is 21.4. The molecule has 38 heavy (non-hydrogen) atoms. The van der Waals surface area contributed by atoms with Crippen LogP contribution in [-0.4, -0.2) is 78.4 Å². The minimum absolute atomic E-state index is 0.0405. The molecule has 0 radical (unpaired) electrons. The van der Waals surface area contributed by atoms with E-state index in [0.717, 1.165) is 75.0 Å². The third kappa shape index (κ3) is 5.36. The largest absolute Gasteiger partial charge is 0.396 e. The van der Waals surface area contributed by atoms with Crippen LogP contribution < -0.4 is 15.5 Å². The number of benzene rings is 2. The fourth-order valence-corrected chi connectivity index (χ4v) is 5.95. The number of aliphatic hydroxyl groups is 1. The number of hydrogen-bond acceptors (Lipinski definition) is 8. The second kappa shape index (κ2) is 11.1. The molecule has 0 spiro atoms. The van der Waals surface area contributed by atoms with Gasteiger partial charge in [-0.25, -0.2) is 9.97 Å². The molecule has 7 rings (SSSR count). The van der Waals surface area contributed by atoms with Crippen LogP contribution >= 0.6 is 0 Å². The first-order valence-electron chi connectivity index (χ1n) is 13.4. The number of hydrogen-bond donors (Lipinski definition) is 3. The van der Waals surface area contributed by atoms with E-state index >= 15 is 0 Å². The maximum Gasteiger partial charge on any atom is 0.229 e. The van der Waals surface area contributed by atoms with E-state index in [1.165, 1.54) is 5.69 Å². The van der Waals surface area contributed by atoms with Crippen LogP contribution in [-0.2, 0) is 9.53 Å². The maximum atomic E-state index is 13.0. The molecule has 0 aliphatic carbocycles. The van der Waals surface area contributed by atoms with Gasteiger partial charge in [0.15, 0.2) is 0 Å². The van der Waals surface area contributed by atoms with E-state index in [0.29, 0.717) is 5.95 Å². The van der Waals surface area contributed by atoms with Crippen molar-refractivity contribution in [3.8, 4) is 11.3 Å². The number of ether oxygens (including phenoxy) is 1. The van der Waals surface area contributed by atoms with Crippen molar-refractivity contribution in [3.63, 3.8) is 0 Å². The highest BCUT2D eigenvalue weighted by molar-refractivity contribution is 5.93. The van der Waals surface area contributed by atoms with Crippen molar-refractivity contribution in [2.75, 3.05) is 68.1 Å². The summed E-state index contributed by atoms with van der Waals surface area (Å²) in [5.41, 5.74) is 4.62. The molecule has 0 saturated carbocycles. The summed E-state index contributed by atoms with van der Waals surface area (Å²) in [5.74, 6) is 0.942. The average molecular weight is 515 g/mol. The number of carbonyl (C=O) groups excluding carboxylic acids is 1. The molecule has 9 nitrogen and oxygen atoms in total. The smallest absolute Gasteiger partial charge is 0.229 e. The summed E-state index contributed by atoms with van der Waals surface area (Å²) >= 11 is 0. The van der Waals surface area contributed by atoms with Crippen molar-refractivity contribution in [2.24, 2.45) is 17.8 Å². The molecular weight excluding hydrogens is 480 g/mol. The molecule has 2 aromatic carbocycles. The molecule has 2 bridgehead atoms. The lowest BCUT2D eigenvalue weighted by atomic mass is 9.72. The number of fused-ring (bicyclic) bond motifs is 3. The van der Waals surface area contributed by atoms with Gasteiger partial charge in [0, 0.05) is 61.6 Å². The molecule has 2 unspecified atom stereocenters. The van der Waals surface area contributed by atoms with Crippen molar-refractivity contribution in [3.05, 3.63) is 60.8 Å². The van der Waals surface area contributed by atoms with E-state index < -0.39 is 0 Å². The van der Waals surface area contributed by atoms with Crippen LogP contribution in [0.5, 0.6) is 0 Å². The van der Waals surface area contributed by atoms with Gasteiger partial charge < -0.3 is 30.3 Å². The van der Waals surface area contributed by atoms with E-state index in [4.69, 9.17) is 9.72 Å². The second-order valence-electron chi connectivity index (χ2n) is 10.4. The van der Waals surface area contributed by atoms with Crippen LogP contribution in [0.4, 0.5) is 23.0 Å². The molecule has 9 heteroatoms. The number of rotatable bonds is 7. The van der Waals surface area contributed by atoms with Gasteiger partial charge in [-0.05, 0) is 67.3 Å². The topological polar surface area (TPSA) is 103 Å². The zero-order valence-corrected chi connectivity index (χ0v) is 21.4. The Kier molecular flexibility index (Phi) is 7.22. The minimum atomic E-state index is -0.0761. The van der Waals surface area contributed by atoms with Gasteiger partial charge in [-0.15, -0.1) is 0 Å². The van der Waals surface area contributed by atoms with Gasteiger partial charge in [0.1, 0.15) is 0 Å². The molecule has 3 N–H and O–H groups in total. The molecule has 4 atom stereocenters. The molecule has 198 valence electrons. The quantitative estimate of drug-likeness (QED) is 0.442. The fraction of sp³-hybridized carbons (Fsp3) is 0.414. The Morgan fingerprint density at radius 2 is 1.74 bits per heavy atom. The fourth-order valence-electron chi connectivity index (χ4n) is 5.95. The van der Waals surface area contributed by atoms with Crippen molar-refractivity contribution in [2.45, 2.75) is 6.42 Å². The van der Waals surface area contributed by atoms with Crippen molar-refractivity contribution >= 4 is 28.9 Å². The van der Waals surface area contributed by atoms with Gasteiger partial charge in [0.25, 0.3) is 0 Å². The Balaban J connectivity index is 1.08. The Morgan fingerprint density at radius 1 is 0.974 bits per heavy atom. The Hall–Kier alpha value is -3.53. The summed E-state index contributed by atoms with van der Waals surface area (Å²) in [5, 5.41) is 16.1. The first-order valence-corrected chi connectivity index (χ1v) is 13.4. The SMILES string of the molecule is O=C(Nc1ccc(-c2ccnc(Nc3ccc(N4CCOCC4)cc3)n2)cc1)[C@@H]1CN2CCC1[C@H](CO)C2. The maximum absolute atomic E-state index is 13.0. The number of aliphatic hydroxyl groups excluding tert-OH is 1.